The van der Waals surface area contributed by atoms with Crippen LogP contribution in [-0.4, -0.2) is 35.4 Å². The Balaban J connectivity index is 2.07. The predicted octanol–water partition coefficient (Wildman–Crippen LogP) is 2.46. The van der Waals surface area contributed by atoms with Gasteiger partial charge in [-0.05, 0) is 30.2 Å². The van der Waals surface area contributed by atoms with E-state index in [1.807, 2.05) is 37.3 Å². The Hall–Kier alpha value is -2.69. The van der Waals surface area contributed by atoms with E-state index in [-0.39, 0.29) is 18.5 Å². The molecule has 0 radical (unpaired) electrons. The fourth-order valence-electron chi connectivity index (χ4n) is 2.42. The first-order valence-corrected chi connectivity index (χ1v) is 6.67. The molecule has 1 fully saturated rings. The van der Waals surface area contributed by atoms with Crippen LogP contribution < -0.4 is 4.90 Å². The van der Waals surface area contributed by atoms with E-state index in [0.29, 0.717) is 5.69 Å². The van der Waals surface area contributed by atoms with Crippen molar-refractivity contribution in [3.8, 4) is 11.1 Å². The molecule has 106 valence electrons. The summed E-state index contributed by atoms with van der Waals surface area (Å²) in [7, 11) is 1.63. The summed E-state index contributed by atoms with van der Waals surface area (Å²) in [6, 6.07) is 9.25. The minimum absolute atomic E-state index is 0.120. The minimum Gasteiger partial charge on any atom is -0.318 e. The highest BCUT2D eigenvalue weighted by molar-refractivity contribution is 6.20. The molecule has 5 heteroatoms. The van der Waals surface area contributed by atoms with Crippen LogP contribution in [0.25, 0.3) is 11.1 Å². The third-order valence-electron chi connectivity index (χ3n) is 3.58. The molecule has 5 nitrogen and oxygen atoms in total. The van der Waals surface area contributed by atoms with E-state index in [1.54, 1.807) is 19.4 Å². The maximum atomic E-state index is 12.1. The highest BCUT2D eigenvalue weighted by atomic mass is 16.2. The van der Waals surface area contributed by atoms with Crippen LogP contribution in [0.15, 0.2) is 42.7 Å². The second kappa shape index (κ2) is 5.01. The first-order valence-electron chi connectivity index (χ1n) is 6.67. The molecule has 0 spiro atoms. The third-order valence-corrected chi connectivity index (χ3v) is 3.58. The smallest absolute Gasteiger partial charge is 0.318 e. The largest absolute Gasteiger partial charge is 0.331 e. The number of aromatic nitrogens is 1. The van der Waals surface area contributed by atoms with Gasteiger partial charge in [0.2, 0.25) is 0 Å². The maximum Gasteiger partial charge on any atom is 0.331 e. The van der Waals surface area contributed by atoms with Crippen molar-refractivity contribution in [3.63, 3.8) is 0 Å². The van der Waals surface area contributed by atoms with Gasteiger partial charge in [-0.1, -0.05) is 18.2 Å². The first kappa shape index (κ1) is 13.3. The quantitative estimate of drug-likeness (QED) is 0.795. The summed E-state index contributed by atoms with van der Waals surface area (Å²) < 4.78 is 0. The molecule has 3 rings (SSSR count). The normalized spacial score (nSPS) is 15.0. The van der Waals surface area contributed by atoms with Crippen molar-refractivity contribution in [2.75, 3.05) is 18.5 Å². The van der Waals surface area contributed by atoms with Gasteiger partial charge >= 0.3 is 6.03 Å². The molecule has 1 aromatic carbocycles. The lowest BCUT2D eigenvalue weighted by Gasteiger charge is -2.17. The molecule has 1 aliphatic heterocycles. The van der Waals surface area contributed by atoms with Gasteiger partial charge in [0.25, 0.3) is 5.91 Å². The van der Waals surface area contributed by atoms with Crippen molar-refractivity contribution in [2.24, 2.45) is 0 Å². The fraction of sp³-hybridized carbons (Fsp3) is 0.188. The van der Waals surface area contributed by atoms with Crippen LogP contribution in [0.5, 0.6) is 0 Å². The molecular weight excluding hydrogens is 266 g/mol. The second-order valence-electron chi connectivity index (χ2n) is 5.11. The summed E-state index contributed by atoms with van der Waals surface area (Å²) in [5.74, 6) is -0.200. The molecule has 2 heterocycles. The summed E-state index contributed by atoms with van der Waals surface area (Å²) >= 11 is 0. The Morgan fingerprint density at radius 3 is 2.57 bits per heavy atom. The van der Waals surface area contributed by atoms with E-state index in [9.17, 15) is 9.59 Å². The van der Waals surface area contributed by atoms with Crippen LogP contribution in [-0.2, 0) is 4.79 Å². The Morgan fingerprint density at radius 1 is 1.14 bits per heavy atom. The van der Waals surface area contributed by atoms with E-state index >= 15 is 0 Å². The Labute approximate surface area is 122 Å². The first-order chi connectivity index (χ1) is 10.1. The lowest BCUT2D eigenvalue weighted by molar-refractivity contribution is -0.116. The van der Waals surface area contributed by atoms with Crippen LogP contribution in [0.1, 0.15) is 5.56 Å². The number of imide groups is 1. The minimum atomic E-state index is -0.286. The highest BCUT2D eigenvalue weighted by Crippen LogP contribution is 2.29. The van der Waals surface area contributed by atoms with Crippen molar-refractivity contribution < 1.29 is 9.59 Å². The van der Waals surface area contributed by atoms with Crippen molar-refractivity contribution in [1.29, 1.82) is 0 Å². The fourth-order valence-corrected chi connectivity index (χ4v) is 2.42. The molecule has 1 aliphatic rings. The predicted molar refractivity (Wildman–Crippen MR) is 79.9 cm³/mol. The number of likely N-dealkylation sites (N-methyl/N-ethyl adjacent to an activating group) is 1. The van der Waals surface area contributed by atoms with Crippen molar-refractivity contribution in [1.82, 2.24) is 9.88 Å². The summed E-state index contributed by atoms with van der Waals surface area (Å²) in [4.78, 5) is 30.9. The number of hydrogen-bond acceptors (Lipinski definition) is 3. The molecule has 0 bridgehead atoms. The van der Waals surface area contributed by atoms with Gasteiger partial charge in [-0.2, -0.15) is 0 Å². The molecule has 0 saturated carbocycles. The van der Waals surface area contributed by atoms with Crippen molar-refractivity contribution in [3.05, 3.63) is 48.3 Å². The van der Waals surface area contributed by atoms with Crippen molar-refractivity contribution >= 4 is 17.6 Å². The van der Waals surface area contributed by atoms with Crippen LogP contribution >= 0.6 is 0 Å². The molecule has 1 aromatic heterocycles. The average molecular weight is 281 g/mol. The van der Waals surface area contributed by atoms with Gasteiger partial charge in [0.15, 0.2) is 0 Å². The molecule has 2 aromatic rings. The van der Waals surface area contributed by atoms with Gasteiger partial charge in [0, 0.05) is 25.0 Å². The summed E-state index contributed by atoms with van der Waals surface area (Å²) in [5.41, 5.74) is 3.40. The number of benzene rings is 1. The number of pyridine rings is 1. The molecular formula is C16H15N3O2. The Kier molecular flexibility index (Phi) is 3.17. The highest BCUT2D eigenvalue weighted by Gasteiger charge is 2.35. The van der Waals surface area contributed by atoms with Crippen LogP contribution in [0.4, 0.5) is 10.5 Å². The zero-order valence-corrected chi connectivity index (χ0v) is 11.9. The van der Waals surface area contributed by atoms with Gasteiger partial charge in [0.1, 0.15) is 6.54 Å². The number of carbonyl (C=O) groups excluding carboxylic acids is 2. The summed E-state index contributed by atoms with van der Waals surface area (Å²) in [6.07, 6.45) is 3.47. The Morgan fingerprint density at radius 2 is 1.95 bits per heavy atom. The number of carbonyl (C=O) groups is 2. The van der Waals surface area contributed by atoms with Crippen LogP contribution in [0.3, 0.4) is 0 Å². The molecule has 0 N–H and O–H groups in total. The number of anilines is 1. The topological polar surface area (TPSA) is 53.5 Å². The number of rotatable bonds is 2. The van der Waals surface area contributed by atoms with Gasteiger partial charge in [-0.25, -0.2) is 9.69 Å². The number of urea groups is 1. The SMILES string of the molecule is Cc1ccc(-c2cccnc2)cc1N1C(=O)CN(C)C1=O. The molecule has 21 heavy (non-hydrogen) atoms. The molecule has 1 saturated heterocycles. The second-order valence-corrected chi connectivity index (χ2v) is 5.11. The molecule has 3 amide bonds. The summed E-state index contributed by atoms with van der Waals surface area (Å²) in [5, 5.41) is 0. The van der Waals surface area contributed by atoms with Crippen LogP contribution in [0.2, 0.25) is 0 Å². The van der Waals surface area contributed by atoms with Gasteiger partial charge in [-0.15, -0.1) is 0 Å². The third kappa shape index (κ3) is 2.27. The lowest BCUT2D eigenvalue weighted by atomic mass is 10.0. The summed E-state index contributed by atoms with van der Waals surface area (Å²) in [6.45, 7) is 2.01. The van der Waals surface area contributed by atoms with Gasteiger partial charge in [0.05, 0.1) is 5.69 Å². The van der Waals surface area contributed by atoms with E-state index in [4.69, 9.17) is 0 Å². The number of hydrogen-bond donors (Lipinski definition) is 0. The molecule has 0 aliphatic carbocycles. The van der Waals surface area contributed by atoms with E-state index in [1.165, 1.54) is 9.80 Å². The Bertz CT molecular complexity index is 713. The number of nitrogens with zero attached hydrogens (tertiary/aromatic N) is 3. The molecule has 0 unspecified atom stereocenters. The monoisotopic (exact) mass is 281 g/mol. The standard InChI is InChI=1S/C16H15N3O2/c1-11-5-6-12(13-4-3-7-17-9-13)8-14(11)19-15(20)10-18(2)16(19)21/h3-9H,10H2,1-2H3. The van der Waals surface area contributed by atoms with Gasteiger partial charge in [-0.3, -0.25) is 9.78 Å². The van der Waals surface area contributed by atoms with Gasteiger partial charge < -0.3 is 4.90 Å². The van der Waals surface area contributed by atoms with Crippen LogP contribution in [0, 0.1) is 6.92 Å². The molecule has 0 atom stereocenters. The van der Waals surface area contributed by atoms with E-state index in [0.717, 1.165) is 16.7 Å². The maximum absolute atomic E-state index is 12.1. The number of aryl methyl sites for hydroxylation is 1. The number of amides is 3. The zero-order valence-electron chi connectivity index (χ0n) is 11.9. The van der Waals surface area contributed by atoms with E-state index < -0.39 is 0 Å². The van der Waals surface area contributed by atoms with Crippen molar-refractivity contribution in [2.45, 2.75) is 6.92 Å². The lowest BCUT2D eigenvalue weighted by Crippen LogP contribution is -2.32. The average Bonchev–Trinajstić information content (AvgIpc) is 2.74. The zero-order chi connectivity index (χ0) is 15.0. The van der Waals surface area contributed by atoms with E-state index in [2.05, 4.69) is 4.98 Å².